The topological polar surface area (TPSA) is 12.0 Å². The van der Waals surface area contributed by atoms with Gasteiger partial charge in [0.05, 0.1) is 0 Å². The summed E-state index contributed by atoms with van der Waals surface area (Å²) in [6.45, 7) is 37.3. The molecule has 0 radical (unpaired) electrons. The highest BCUT2D eigenvalue weighted by Gasteiger charge is 2.15. The molecule has 0 bridgehead atoms. The summed E-state index contributed by atoms with van der Waals surface area (Å²) in [4.78, 5) is 0. The number of allylic oxidation sites excluding steroid dienone is 3. The molecule has 1 N–H and O–H groups in total. The van der Waals surface area contributed by atoms with E-state index in [9.17, 15) is 0 Å². The number of benzene rings is 1. The van der Waals surface area contributed by atoms with E-state index < -0.39 is 0 Å². The molecule has 0 spiro atoms. The largest absolute Gasteiger partial charge is 0.385 e. The van der Waals surface area contributed by atoms with Crippen molar-refractivity contribution in [1.29, 1.82) is 0 Å². The number of hydrogen-bond acceptors (Lipinski definition) is 1. The minimum atomic E-state index is 0.267. The molecule has 0 saturated heterocycles. The first kappa shape index (κ1) is 37.1. The second-order valence-corrected chi connectivity index (χ2v) is 10.5. The van der Waals surface area contributed by atoms with Gasteiger partial charge in [-0.1, -0.05) is 129 Å². The molecule has 1 rings (SSSR count). The van der Waals surface area contributed by atoms with Crippen molar-refractivity contribution >= 4 is 5.70 Å². The predicted molar refractivity (Wildman–Crippen MR) is 165 cm³/mol. The van der Waals surface area contributed by atoms with Gasteiger partial charge in [0, 0.05) is 12.2 Å². The molecule has 35 heavy (non-hydrogen) atoms. The highest BCUT2D eigenvalue weighted by atomic mass is 14.9. The molecule has 0 heterocycles. The molecule has 1 nitrogen and oxygen atoms in total. The van der Waals surface area contributed by atoms with Crippen LogP contribution in [0.1, 0.15) is 106 Å². The van der Waals surface area contributed by atoms with Gasteiger partial charge in [0.25, 0.3) is 0 Å². The zero-order valence-electron chi connectivity index (χ0n) is 25.2. The Balaban J connectivity index is -0.000000875. The van der Waals surface area contributed by atoms with Crippen LogP contribution in [0.15, 0.2) is 66.3 Å². The van der Waals surface area contributed by atoms with Gasteiger partial charge in [0.15, 0.2) is 0 Å². The van der Waals surface area contributed by atoms with Gasteiger partial charge >= 0.3 is 0 Å². The van der Waals surface area contributed by atoms with Crippen molar-refractivity contribution in [1.82, 2.24) is 5.32 Å². The van der Waals surface area contributed by atoms with Gasteiger partial charge in [-0.05, 0) is 61.7 Å². The average Bonchev–Trinajstić information content (AvgIpc) is 2.78. The van der Waals surface area contributed by atoms with Crippen molar-refractivity contribution in [3.05, 3.63) is 77.4 Å². The summed E-state index contributed by atoms with van der Waals surface area (Å²) >= 11 is 0. The third-order valence-electron chi connectivity index (χ3n) is 5.17. The minimum absolute atomic E-state index is 0.267. The summed E-state index contributed by atoms with van der Waals surface area (Å²) in [6, 6.07) is 8.45. The summed E-state index contributed by atoms with van der Waals surface area (Å²) in [6.07, 6.45) is 12.7. The third kappa shape index (κ3) is 19.5. The van der Waals surface area contributed by atoms with Crippen molar-refractivity contribution in [2.45, 2.75) is 102 Å². The summed E-state index contributed by atoms with van der Waals surface area (Å²) in [7, 11) is 0. The highest BCUT2D eigenvalue weighted by molar-refractivity contribution is 5.61. The monoisotopic (exact) mass is 479 g/mol. The van der Waals surface area contributed by atoms with E-state index in [0.717, 1.165) is 47.7 Å². The van der Waals surface area contributed by atoms with Crippen LogP contribution in [0.2, 0.25) is 0 Å². The molecule has 1 heteroatoms. The van der Waals surface area contributed by atoms with Gasteiger partial charge in [0.2, 0.25) is 0 Å². The van der Waals surface area contributed by atoms with Crippen LogP contribution in [-0.2, 0) is 0 Å². The molecule has 0 aliphatic carbocycles. The normalized spacial score (nSPS) is 10.8. The fourth-order valence-electron chi connectivity index (χ4n) is 3.55. The zero-order valence-corrected chi connectivity index (χ0v) is 25.2. The number of hydrogen-bond donors (Lipinski definition) is 1. The average molecular weight is 480 g/mol. The Bertz CT molecular complexity index is 776. The molecule has 1 aromatic carbocycles. The SMILES string of the molecule is C#C.C=C(C)C(=C)/C(CCNC(=C)c1ccc(C)cc1)=C(/C)CC(C)(C)C.CC.CCCC(C)C. The molecular weight excluding hydrogens is 422 g/mol. The molecule has 198 valence electrons. The highest BCUT2D eigenvalue weighted by Crippen LogP contribution is 2.30. The second kappa shape index (κ2) is 20.9. The lowest BCUT2D eigenvalue weighted by atomic mass is 9.84. The lowest BCUT2D eigenvalue weighted by molar-refractivity contribution is 0.408. The lowest BCUT2D eigenvalue weighted by Crippen LogP contribution is -2.15. The maximum atomic E-state index is 4.26. The lowest BCUT2D eigenvalue weighted by Gasteiger charge is -2.23. The van der Waals surface area contributed by atoms with Crippen molar-refractivity contribution in [3.63, 3.8) is 0 Å². The first-order chi connectivity index (χ1) is 16.3. The van der Waals surface area contributed by atoms with Crippen LogP contribution in [-0.4, -0.2) is 6.54 Å². The van der Waals surface area contributed by atoms with Crippen LogP contribution in [0.25, 0.3) is 5.70 Å². The van der Waals surface area contributed by atoms with Gasteiger partial charge in [-0.15, -0.1) is 12.8 Å². The van der Waals surface area contributed by atoms with Crippen molar-refractivity contribution in [2.75, 3.05) is 6.54 Å². The molecule has 0 aromatic heterocycles. The number of terminal acetylenes is 1. The van der Waals surface area contributed by atoms with Gasteiger partial charge in [0.1, 0.15) is 0 Å². The Morgan fingerprint density at radius 3 is 1.80 bits per heavy atom. The molecule has 0 aliphatic heterocycles. The Morgan fingerprint density at radius 1 is 0.971 bits per heavy atom. The predicted octanol–water partition coefficient (Wildman–Crippen LogP) is 10.5. The Labute approximate surface area is 220 Å². The first-order valence-electron chi connectivity index (χ1n) is 13.1. The Kier molecular flexibility index (Phi) is 22.1. The number of aryl methyl sites for hydroxylation is 1. The van der Waals surface area contributed by atoms with Crippen LogP contribution in [0.3, 0.4) is 0 Å². The fourth-order valence-corrected chi connectivity index (χ4v) is 3.55. The molecule has 1 aromatic rings. The van der Waals surface area contributed by atoms with Crippen LogP contribution in [0.5, 0.6) is 0 Å². The quantitative estimate of drug-likeness (QED) is 0.260. The maximum Gasteiger partial charge on any atom is 0.0340 e. The van der Waals surface area contributed by atoms with Gasteiger partial charge in [-0.2, -0.15) is 0 Å². The molecule has 0 amide bonds. The van der Waals surface area contributed by atoms with E-state index in [4.69, 9.17) is 0 Å². The fraction of sp³-hybridized carbons (Fsp3) is 0.529. The van der Waals surface area contributed by atoms with Gasteiger partial charge < -0.3 is 5.32 Å². The standard InChI is InChI=1S/C24H35N.C6H14.C2H6.C2H2/c1-17(2)20(5)23(19(4)16-24(7,8)9)14-15-25-21(6)22-12-10-18(3)11-13-22;1-4-5-6(2)3;2*1-2/h10-13,25H,1,5-6,14-16H2,2-4,7-9H3;6H,4-5H2,1-3H3;1-2H3;1-2H/b23-19-;;;. The van der Waals surface area contributed by atoms with Crippen molar-refractivity contribution in [3.8, 4) is 12.8 Å². The summed E-state index contributed by atoms with van der Waals surface area (Å²) < 4.78 is 0. The van der Waals surface area contributed by atoms with E-state index >= 15 is 0 Å². The second-order valence-electron chi connectivity index (χ2n) is 10.5. The molecule has 0 saturated carbocycles. The van der Waals surface area contributed by atoms with Gasteiger partial charge in [-0.25, -0.2) is 0 Å². The van der Waals surface area contributed by atoms with E-state index in [1.165, 1.54) is 29.6 Å². The maximum absolute atomic E-state index is 4.26. The molecule has 0 unspecified atom stereocenters. The minimum Gasteiger partial charge on any atom is -0.385 e. The van der Waals surface area contributed by atoms with E-state index in [-0.39, 0.29) is 5.41 Å². The van der Waals surface area contributed by atoms with Crippen molar-refractivity contribution in [2.24, 2.45) is 11.3 Å². The molecule has 0 aliphatic rings. The molecule has 0 fully saturated rings. The van der Waals surface area contributed by atoms with Crippen molar-refractivity contribution < 1.29 is 0 Å². The Morgan fingerprint density at radius 2 is 1.46 bits per heavy atom. The third-order valence-corrected chi connectivity index (χ3v) is 5.17. The first-order valence-corrected chi connectivity index (χ1v) is 13.1. The van der Waals surface area contributed by atoms with Crippen LogP contribution in [0, 0.1) is 31.1 Å². The summed E-state index contributed by atoms with van der Waals surface area (Å²) in [5, 5.41) is 3.46. The van der Waals surface area contributed by atoms with E-state index in [1.807, 2.05) is 20.8 Å². The van der Waals surface area contributed by atoms with E-state index in [2.05, 4.69) is 118 Å². The van der Waals surface area contributed by atoms with Crippen LogP contribution < -0.4 is 5.32 Å². The van der Waals surface area contributed by atoms with Crippen LogP contribution in [0.4, 0.5) is 0 Å². The van der Waals surface area contributed by atoms with E-state index in [0.29, 0.717) is 0 Å². The smallest absolute Gasteiger partial charge is 0.0340 e. The Hall–Kier alpha value is -2.46. The number of rotatable bonds is 10. The summed E-state index contributed by atoms with van der Waals surface area (Å²) in [5.74, 6) is 0.898. The van der Waals surface area contributed by atoms with Gasteiger partial charge in [-0.3, -0.25) is 0 Å². The molecule has 0 atom stereocenters. The number of nitrogens with one attached hydrogen (secondary N) is 1. The molecular formula is C34H57N. The van der Waals surface area contributed by atoms with Crippen LogP contribution >= 0.6 is 0 Å². The van der Waals surface area contributed by atoms with E-state index in [1.54, 1.807) is 0 Å². The zero-order chi connectivity index (χ0) is 28.2. The summed E-state index contributed by atoms with van der Waals surface area (Å²) in [5.41, 5.74) is 8.48.